The van der Waals surface area contributed by atoms with Gasteiger partial charge in [-0.1, -0.05) is 82.7 Å². The fraction of sp³-hybridized carbons (Fsp3) is 0.333. The molecule has 0 radical (unpaired) electrons. The normalized spacial score (nSPS) is 15.7. The molecule has 0 aliphatic carbocycles. The Morgan fingerprint density at radius 3 is 1.32 bits per heavy atom. The van der Waals surface area contributed by atoms with E-state index in [0.717, 1.165) is 71.6 Å². The van der Waals surface area contributed by atoms with Crippen LogP contribution in [0.1, 0.15) is 60.8 Å². The first-order chi connectivity index (χ1) is 17.5. The van der Waals surface area contributed by atoms with Gasteiger partial charge in [-0.3, -0.25) is 9.98 Å². The molecule has 2 aromatic carbocycles. The number of ether oxygens (including phenoxy) is 2. The Kier molecular flexibility index (Phi) is 21.8. The number of hydrogen-bond donors (Lipinski definition) is 0. The summed E-state index contributed by atoms with van der Waals surface area (Å²) in [4.78, 5) is 9.43. The second-order valence-corrected chi connectivity index (χ2v) is 8.64. The minimum absolute atomic E-state index is 0. The summed E-state index contributed by atoms with van der Waals surface area (Å²) in [6.45, 7) is 13.5. The molecule has 0 aromatic heterocycles. The Bertz CT molecular complexity index is 998. The molecule has 0 atom stereocenters. The molecule has 2 fully saturated rings. The van der Waals surface area contributed by atoms with Crippen LogP contribution >= 0.6 is 0 Å². The first-order valence-corrected chi connectivity index (χ1v) is 12.5. The Balaban J connectivity index is 0. The Hall–Kier alpha value is -2.69. The molecule has 218 valence electrons. The number of rotatable bonds is 0. The minimum atomic E-state index is 0. The maximum absolute atomic E-state index is 4.82. The van der Waals surface area contributed by atoms with Gasteiger partial charge in [0.05, 0.1) is 0 Å². The number of hydrogen-bond acceptors (Lipinski definition) is 4. The molecule has 0 spiro atoms. The molecule has 0 amide bonds. The van der Waals surface area contributed by atoms with E-state index in [4.69, 9.17) is 30.1 Å². The van der Waals surface area contributed by atoms with E-state index >= 15 is 0 Å². The third-order valence-electron chi connectivity index (χ3n) is 5.19. The van der Waals surface area contributed by atoms with Crippen molar-refractivity contribution >= 4 is 34.2 Å². The van der Waals surface area contributed by atoms with Crippen molar-refractivity contribution in [1.29, 1.82) is 0 Å². The zero-order valence-corrected chi connectivity index (χ0v) is 25.5. The van der Waals surface area contributed by atoms with Crippen molar-refractivity contribution in [2.75, 3.05) is 13.2 Å². The summed E-state index contributed by atoms with van der Waals surface area (Å²) in [5.74, 6) is 0. The summed E-state index contributed by atoms with van der Waals surface area (Å²) in [6.07, 6.45) is 8.69. The van der Waals surface area contributed by atoms with Gasteiger partial charge < -0.3 is 35.0 Å². The molecule has 3 aliphatic rings. The predicted molar refractivity (Wildman–Crippen MR) is 171 cm³/mol. The summed E-state index contributed by atoms with van der Waals surface area (Å²) < 4.78 is 9.64. The fourth-order valence-corrected chi connectivity index (χ4v) is 3.63. The van der Waals surface area contributed by atoms with E-state index in [1.807, 2.05) is 102 Å². The number of nitrogens with zero attached hydrogens (tertiary/aromatic N) is 4. The van der Waals surface area contributed by atoms with Crippen LogP contribution in [0, 0.1) is 28.1 Å². The Morgan fingerprint density at radius 2 is 1.02 bits per heavy atom. The van der Waals surface area contributed by atoms with E-state index in [0.29, 0.717) is 0 Å². The standard InChI is InChI=1S/C22H22N4.2C4H7O.CH4.2CH3.Cr/c1-15-13-16(2)24-21-11-7-8-12-22(21)26-18(4)14-17(3)25-20-10-6-5-9-19(20)23-15;2*1-2-4-5-3-1;;;;/h5-14H,1-4H3;2*3H,1-2,4H2;1H4;2*1H3;/q-2;2*-1;;2*-1;+4. The molecular formula is C33H46CrN4O2-2. The van der Waals surface area contributed by atoms with Crippen LogP contribution in [0.15, 0.2) is 82.1 Å². The van der Waals surface area contributed by atoms with Gasteiger partial charge in [-0.2, -0.15) is 24.2 Å². The van der Waals surface area contributed by atoms with E-state index in [1.54, 1.807) is 0 Å². The van der Waals surface area contributed by atoms with Crippen molar-refractivity contribution in [3.05, 3.63) is 111 Å². The first-order valence-electron chi connectivity index (χ1n) is 12.5. The van der Waals surface area contributed by atoms with Crippen LogP contribution in [0.4, 0.5) is 22.7 Å². The number of aliphatic imine (C=N–C) groups is 2. The molecular weight excluding hydrogens is 536 g/mol. The van der Waals surface area contributed by atoms with E-state index < -0.39 is 0 Å². The second kappa shape index (κ2) is 22.1. The zero-order valence-electron chi connectivity index (χ0n) is 24.2. The molecule has 0 N–H and O–H groups in total. The SMILES string of the molecule is C.CC1=CC(C)=Nc2ccccc2[N-]C(C)=CC(C)=Nc2ccccc2[N-]1.[CH-]1CCCO1.[CH-]1CCCO1.[CH3-].[CH3-].[Cr+4]. The Morgan fingerprint density at radius 1 is 0.650 bits per heavy atom. The van der Waals surface area contributed by atoms with E-state index in [9.17, 15) is 0 Å². The molecule has 0 saturated carbocycles. The van der Waals surface area contributed by atoms with Crippen LogP contribution in [0.25, 0.3) is 10.6 Å². The fourth-order valence-electron chi connectivity index (χ4n) is 3.63. The van der Waals surface area contributed by atoms with Crippen molar-refractivity contribution in [1.82, 2.24) is 0 Å². The van der Waals surface area contributed by atoms with Crippen molar-refractivity contribution in [3.63, 3.8) is 0 Å². The van der Waals surface area contributed by atoms with Gasteiger partial charge in [0.15, 0.2) is 0 Å². The number of benzene rings is 2. The van der Waals surface area contributed by atoms with E-state index in [1.165, 1.54) is 12.8 Å². The van der Waals surface area contributed by atoms with Crippen molar-refractivity contribution < 1.29 is 26.8 Å². The molecule has 0 bridgehead atoms. The predicted octanol–water partition coefficient (Wildman–Crippen LogP) is 10.9. The monoisotopic (exact) mass is 582 g/mol. The van der Waals surface area contributed by atoms with Crippen molar-refractivity contribution in [2.45, 2.75) is 60.8 Å². The maximum atomic E-state index is 4.82. The van der Waals surface area contributed by atoms with E-state index in [-0.39, 0.29) is 39.6 Å². The molecule has 5 rings (SSSR count). The van der Waals surface area contributed by atoms with Crippen LogP contribution in [0.5, 0.6) is 0 Å². The largest absolute Gasteiger partial charge is 4.00 e. The first kappa shape index (κ1) is 39.5. The Labute approximate surface area is 255 Å². The van der Waals surface area contributed by atoms with Gasteiger partial charge in [0, 0.05) is 36.0 Å². The summed E-state index contributed by atoms with van der Waals surface area (Å²) in [5.41, 5.74) is 6.88. The van der Waals surface area contributed by atoms with Crippen LogP contribution in [0.2, 0.25) is 0 Å². The summed E-state index contributed by atoms with van der Waals surface area (Å²) in [7, 11) is 0. The molecule has 3 heterocycles. The minimum Gasteiger partial charge on any atom is -0.660 e. The molecule has 2 saturated heterocycles. The van der Waals surface area contributed by atoms with Gasteiger partial charge in [0.1, 0.15) is 0 Å². The quantitative estimate of drug-likeness (QED) is 0.290. The van der Waals surface area contributed by atoms with Gasteiger partial charge in [-0.25, -0.2) is 13.2 Å². The summed E-state index contributed by atoms with van der Waals surface area (Å²) in [5, 5.41) is 9.43. The maximum Gasteiger partial charge on any atom is 4.00 e. The van der Waals surface area contributed by atoms with Gasteiger partial charge in [0.25, 0.3) is 0 Å². The van der Waals surface area contributed by atoms with Crippen molar-refractivity contribution in [3.8, 4) is 0 Å². The molecule has 6 nitrogen and oxygen atoms in total. The van der Waals surface area contributed by atoms with Crippen LogP contribution in [-0.2, 0) is 26.8 Å². The molecule has 40 heavy (non-hydrogen) atoms. The van der Waals surface area contributed by atoms with Crippen molar-refractivity contribution in [2.24, 2.45) is 9.98 Å². The smallest absolute Gasteiger partial charge is 0.660 e. The average molecular weight is 583 g/mol. The zero-order chi connectivity index (χ0) is 25.6. The molecule has 3 aliphatic heterocycles. The third-order valence-corrected chi connectivity index (χ3v) is 5.19. The van der Waals surface area contributed by atoms with Crippen LogP contribution < -0.4 is 0 Å². The van der Waals surface area contributed by atoms with Gasteiger partial charge >= 0.3 is 17.4 Å². The van der Waals surface area contributed by atoms with Gasteiger partial charge in [-0.15, -0.1) is 11.4 Å². The average Bonchev–Trinajstić information content (AvgIpc) is 3.60. The van der Waals surface area contributed by atoms with Crippen LogP contribution in [0.3, 0.4) is 0 Å². The topological polar surface area (TPSA) is 71.4 Å². The molecule has 7 heteroatoms. The van der Waals surface area contributed by atoms with Gasteiger partial charge in [-0.05, 0) is 26.0 Å². The van der Waals surface area contributed by atoms with Crippen LogP contribution in [-0.4, -0.2) is 24.6 Å². The second-order valence-electron chi connectivity index (χ2n) is 8.64. The third kappa shape index (κ3) is 14.6. The summed E-state index contributed by atoms with van der Waals surface area (Å²) in [6, 6.07) is 15.8. The molecule has 0 unspecified atom stereocenters. The number of fused-ring (bicyclic) bond motifs is 2. The summed E-state index contributed by atoms with van der Waals surface area (Å²) >= 11 is 0. The molecule has 2 aromatic rings. The number of allylic oxidation sites excluding steroid dienone is 4. The van der Waals surface area contributed by atoms with E-state index in [2.05, 4.69) is 0 Å². The number of para-hydroxylation sites is 4. The van der Waals surface area contributed by atoms with Gasteiger partial charge in [0.2, 0.25) is 0 Å².